The molecule has 0 amide bonds. The van der Waals surface area contributed by atoms with Crippen molar-refractivity contribution in [3.8, 4) is 0 Å². The van der Waals surface area contributed by atoms with Crippen LogP contribution >= 0.6 is 0 Å². The van der Waals surface area contributed by atoms with E-state index in [0.717, 1.165) is 19.6 Å². The van der Waals surface area contributed by atoms with Gasteiger partial charge in [-0.15, -0.1) is 0 Å². The highest BCUT2D eigenvalue weighted by atomic mass is 16.5. The molecule has 0 aliphatic carbocycles. The highest BCUT2D eigenvalue weighted by Gasteiger charge is 2.40. The minimum absolute atomic E-state index is 0.170. The molecule has 1 saturated heterocycles. The first kappa shape index (κ1) is 12.6. The lowest BCUT2D eigenvalue weighted by Crippen LogP contribution is -2.49. The van der Waals surface area contributed by atoms with Gasteiger partial charge in [-0.3, -0.25) is 0 Å². The Morgan fingerprint density at radius 2 is 1.76 bits per heavy atom. The first-order chi connectivity index (χ1) is 8.03. The third-order valence-electron chi connectivity index (χ3n) is 3.66. The van der Waals surface area contributed by atoms with Crippen molar-refractivity contribution in [2.75, 3.05) is 13.2 Å². The maximum Gasteiger partial charge on any atom is 0.0586 e. The van der Waals surface area contributed by atoms with E-state index in [1.165, 1.54) is 11.1 Å². The smallest absolute Gasteiger partial charge is 0.0586 e. The Labute approximate surface area is 104 Å². The SMILES string of the molecule is CC(N)CC1(c2ccc(C(C)C)cc2)COC1. The largest absolute Gasteiger partial charge is 0.379 e. The van der Waals surface area contributed by atoms with Gasteiger partial charge in [-0.05, 0) is 30.4 Å². The molecule has 0 aromatic heterocycles. The van der Waals surface area contributed by atoms with Gasteiger partial charge in [-0.2, -0.15) is 0 Å². The van der Waals surface area contributed by atoms with Gasteiger partial charge in [0.05, 0.1) is 13.2 Å². The van der Waals surface area contributed by atoms with Crippen LogP contribution in [0.5, 0.6) is 0 Å². The van der Waals surface area contributed by atoms with Gasteiger partial charge < -0.3 is 10.5 Å². The van der Waals surface area contributed by atoms with E-state index in [-0.39, 0.29) is 11.5 Å². The van der Waals surface area contributed by atoms with E-state index in [4.69, 9.17) is 10.5 Å². The molecule has 1 atom stereocenters. The van der Waals surface area contributed by atoms with Crippen molar-refractivity contribution in [1.29, 1.82) is 0 Å². The quantitative estimate of drug-likeness (QED) is 0.868. The van der Waals surface area contributed by atoms with Crippen LogP contribution in [0.3, 0.4) is 0 Å². The lowest BCUT2D eigenvalue weighted by atomic mass is 9.74. The van der Waals surface area contributed by atoms with E-state index in [1.807, 2.05) is 0 Å². The Balaban J connectivity index is 2.20. The molecule has 2 nitrogen and oxygen atoms in total. The molecule has 0 bridgehead atoms. The van der Waals surface area contributed by atoms with Crippen LogP contribution in [0.1, 0.15) is 44.2 Å². The Morgan fingerprint density at radius 3 is 2.12 bits per heavy atom. The predicted octanol–water partition coefficient (Wildman–Crippen LogP) is 2.82. The van der Waals surface area contributed by atoms with Crippen LogP contribution < -0.4 is 5.73 Å². The van der Waals surface area contributed by atoms with Gasteiger partial charge in [0.1, 0.15) is 0 Å². The van der Waals surface area contributed by atoms with Crippen LogP contribution in [0.25, 0.3) is 0 Å². The summed E-state index contributed by atoms with van der Waals surface area (Å²) in [5, 5.41) is 0. The monoisotopic (exact) mass is 233 g/mol. The molecular weight excluding hydrogens is 210 g/mol. The summed E-state index contributed by atoms with van der Waals surface area (Å²) in [4.78, 5) is 0. The van der Waals surface area contributed by atoms with Crippen molar-refractivity contribution in [3.63, 3.8) is 0 Å². The molecule has 0 saturated carbocycles. The Morgan fingerprint density at radius 1 is 1.18 bits per heavy atom. The zero-order chi connectivity index (χ0) is 12.5. The van der Waals surface area contributed by atoms with E-state index in [2.05, 4.69) is 45.0 Å². The molecule has 17 heavy (non-hydrogen) atoms. The van der Waals surface area contributed by atoms with Crippen LogP contribution in [0, 0.1) is 0 Å². The highest BCUT2D eigenvalue weighted by molar-refractivity contribution is 5.32. The number of benzene rings is 1. The second-order valence-corrected chi connectivity index (χ2v) is 5.73. The molecule has 1 heterocycles. The van der Waals surface area contributed by atoms with Gasteiger partial charge in [-0.25, -0.2) is 0 Å². The van der Waals surface area contributed by atoms with Gasteiger partial charge >= 0.3 is 0 Å². The molecule has 2 N–H and O–H groups in total. The first-order valence-corrected chi connectivity index (χ1v) is 6.47. The topological polar surface area (TPSA) is 35.2 Å². The third kappa shape index (κ3) is 2.53. The Bertz CT molecular complexity index is 363. The lowest BCUT2D eigenvalue weighted by molar-refractivity contribution is -0.0665. The molecule has 1 unspecified atom stereocenters. The first-order valence-electron chi connectivity index (χ1n) is 6.47. The second kappa shape index (κ2) is 4.79. The van der Waals surface area contributed by atoms with Crippen molar-refractivity contribution >= 4 is 0 Å². The number of hydrogen-bond donors (Lipinski definition) is 1. The van der Waals surface area contributed by atoms with Crippen molar-refractivity contribution in [3.05, 3.63) is 35.4 Å². The van der Waals surface area contributed by atoms with Crippen LogP contribution in [0.15, 0.2) is 24.3 Å². The van der Waals surface area contributed by atoms with Gasteiger partial charge in [0, 0.05) is 11.5 Å². The van der Waals surface area contributed by atoms with Crippen molar-refractivity contribution in [2.45, 2.75) is 44.6 Å². The average molecular weight is 233 g/mol. The average Bonchev–Trinajstić information content (AvgIpc) is 2.23. The molecule has 1 aliphatic heterocycles. The van der Waals surface area contributed by atoms with Crippen molar-refractivity contribution in [1.82, 2.24) is 0 Å². The standard InChI is InChI=1S/C15H23NO/c1-11(2)13-4-6-14(7-5-13)15(8-12(3)16)9-17-10-15/h4-7,11-12H,8-10,16H2,1-3H3. The molecule has 1 aliphatic rings. The third-order valence-corrected chi connectivity index (χ3v) is 3.66. The zero-order valence-corrected chi connectivity index (χ0v) is 11.1. The van der Waals surface area contributed by atoms with E-state index >= 15 is 0 Å². The summed E-state index contributed by atoms with van der Waals surface area (Å²) < 4.78 is 5.42. The molecule has 2 rings (SSSR count). The fraction of sp³-hybridized carbons (Fsp3) is 0.600. The Hall–Kier alpha value is -0.860. The highest BCUT2D eigenvalue weighted by Crippen LogP contribution is 2.37. The molecule has 0 spiro atoms. The molecule has 2 heteroatoms. The molecular formula is C15H23NO. The lowest BCUT2D eigenvalue weighted by Gasteiger charge is -2.43. The van der Waals surface area contributed by atoms with E-state index in [0.29, 0.717) is 5.92 Å². The summed E-state index contributed by atoms with van der Waals surface area (Å²) in [6.07, 6.45) is 1.01. The summed E-state index contributed by atoms with van der Waals surface area (Å²) in [7, 11) is 0. The number of hydrogen-bond acceptors (Lipinski definition) is 2. The summed E-state index contributed by atoms with van der Waals surface area (Å²) in [5.74, 6) is 0.589. The molecule has 1 fully saturated rings. The maximum absolute atomic E-state index is 5.95. The van der Waals surface area contributed by atoms with E-state index in [9.17, 15) is 0 Å². The second-order valence-electron chi connectivity index (χ2n) is 5.73. The van der Waals surface area contributed by atoms with Gasteiger partial charge in [0.15, 0.2) is 0 Å². The number of rotatable bonds is 4. The maximum atomic E-state index is 5.95. The van der Waals surface area contributed by atoms with Crippen LogP contribution in [-0.2, 0) is 10.2 Å². The number of nitrogens with two attached hydrogens (primary N) is 1. The van der Waals surface area contributed by atoms with Crippen LogP contribution in [0.4, 0.5) is 0 Å². The molecule has 0 radical (unpaired) electrons. The Kier molecular flexibility index (Phi) is 3.55. The zero-order valence-electron chi connectivity index (χ0n) is 11.1. The van der Waals surface area contributed by atoms with Crippen molar-refractivity contribution in [2.24, 2.45) is 5.73 Å². The van der Waals surface area contributed by atoms with Crippen molar-refractivity contribution < 1.29 is 4.74 Å². The van der Waals surface area contributed by atoms with Gasteiger partial charge in [0.2, 0.25) is 0 Å². The minimum atomic E-state index is 0.170. The van der Waals surface area contributed by atoms with Crippen LogP contribution in [-0.4, -0.2) is 19.3 Å². The summed E-state index contributed by atoms with van der Waals surface area (Å²) in [6.45, 7) is 8.14. The fourth-order valence-electron chi connectivity index (χ4n) is 2.59. The molecule has 94 valence electrons. The fourth-order valence-corrected chi connectivity index (χ4v) is 2.59. The predicted molar refractivity (Wildman–Crippen MR) is 71.3 cm³/mol. The van der Waals surface area contributed by atoms with E-state index in [1.54, 1.807) is 0 Å². The molecule has 1 aromatic carbocycles. The minimum Gasteiger partial charge on any atom is -0.379 e. The van der Waals surface area contributed by atoms with Gasteiger partial charge in [-0.1, -0.05) is 38.1 Å². The van der Waals surface area contributed by atoms with Crippen LogP contribution in [0.2, 0.25) is 0 Å². The molecule has 1 aromatic rings. The summed E-state index contributed by atoms with van der Waals surface area (Å²) >= 11 is 0. The van der Waals surface area contributed by atoms with E-state index < -0.39 is 0 Å². The van der Waals surface area contributed by atoms with Gasteiger partial charge in [0.25, 0.3) is 0 Å². The normalized spacial score (nSPS) is 20.1. The summed E-state index contributed by atoms with van der Waals surface area (Å²) in [5.41, 5.74) is 8.89. The number of ether oxygens (including phenoxy) is 1. The summed E-state index contributed by atoms with van der Waals surface area (Å²) in [6, 6.07) is 9.20.